The molecular formula is C2HCl4NO4S2-2. The highest BCUT2D eigenvalue weighted by Crippen LogP contribution is 2.30. The van der Waals surface area contributed by atoms with Crippen LogP contribution in [-0.2, 0) is 22.2 Å². The van der Waals surface area contributed by atoms with E-state index in [-0.39, 0.29) is 0 Å². The van der Waals surface area contributed by atoms with Gasteiger partial charge in [0.25, 0.3) is 0 Å². The van der Waals surface area contributed by atoms with Crippen molar-refractivity contribution in [1.29, 1.82) is 0 Å². The van der Waals surface area contributed by atoms with Crippen LogP contribution in [0.15, 0.2) is 0 Å². The molecule has 0 spiro atoms. The van der Waals surface area contributed by atoms with Gasteiger partial charge in [-0.05, 0) is 22.2 Å². The summed E-state index contributed by atoms with van der Waals surface area (Å²) in [7, 11) is 0. The second-order valence-electron chi connectivity index (χ2n) is 1.63. The lowest BCUT2D eigenvalue weighted by atomic mass is 11.2. The summed E-state index contributed by atoms with van der Waals surface area (Å²) >= 11 is 14.4. The summed E-state index contributed by atoms with van der Waals surface area (Å²) in [6.45, 7) is 0. The molecule has 0 bridgehead atoms. The molecule has 0 saturated carbocycles. The molecule has 0 aliphatic carbocycles. The number of alkyl halides is 4. The molecule has 0 saturated heterocycles. The molecule has 0 aromatic rings. The van der Waals surface area contributed by atoms with Gasteiger partial charge in [0.1, 0.15) is 0 Å². The zero-order valence-corrected chi connectivity index (χ0v) is 10.1. The average Bonchev–Trinajstić information content (AvgIpc) is 1.83. The third-order valence-corrected chi connectivity index (χ3v) is 3.64. The Hall–Kier alpha value is 1.34. The predicted octanol–water partition coefficient (Wildman–Crippen LogP) is 0.512. The van der Waals surface area contributed by atoms with Crippen molar-refractivity contribution in [1.82, 2.24) is 5.32 Å². The van der Waals surface area contributed by atoms with Crippen LogP contribution in [0.2, 0.25) is 0 Å². The van der Waals surface area contributed by atoms with E-state index in [0.29, 0.717) is 0 Å². The van der Waals surface area contributed by atoms with E-state index in [4.69, 9.17) is 46.4 Å². The fourth-order valence-corrected chi connectivity index (χ4v) is 1.77. The fraction of sp³-hybridized carbons (Fsp3) is 1.00. The number of rotatable bonds is 4. The molecule has 0 rings (SSSR count). The van der Waals surface area contributed by atoms with Gasteiger partial charge in [0, 0.05) is 0 Å². The molecule has 0 amide bonds. The highest BCUT2D eigenvalue weighted by atomic mass is 35.5. The number of nitrogens with one attached hydrogen (secondary N) is 1. The first-order valence-corrected chi connectivity index (χ1v) is 5.99. The molecule has 0 fully saturated rings. The number of hydrogen-bond donors (Lipinski definition) is 1. The summed E-state index contributed by atoms with van der Waals surface area (Å²) in [6, 6.07) is 0. The molecule has 5 nitrogen and oxygen atoms in total. The summed E-state index contributed by atoms with van der Waals surface area (Å²) in [5.41, 5.74) is 0. The Bertz CT molecular complexity index is 220. The van der Waals surface area contributed by atoms with Crippen LogP contribution >= 0.6 is 46.4 Å². The molecule has 13 heavy (non-hydrogen) atoms. The molecule has 80 valence electrons. The van der Waals surface area contributed by atoms with Gasteiger partial charge in [-0.1, -0.05) is 46.4 Å². The first-order chi connectivity index (χ1) is 5.59. The first kappa shape index (κ1) is 14.3. The van der Waals surface area contributed by atoms with Crippen LogP contribution < -0.4 is 5.32 Å². The van der Waals surface area contributed by atoms with Gasteiger partial charge in [0.2, 0.25) is 7.58 Å². The number of halogens is 4. The number of hydrogen-bond acceptors (Lipinski definition) is 5. The lowest BCUT2D eigenvalue weighted by Crippen LogP contribution is -2.50. The van der Waals surface area contributed by atoms with E-state index < -0.39 is 29.7 Å². The molecule has 0 radical (unpaired) electrons. The largest absolute Gasteiger partial charge is 0.769 e. The summed E-state index contributed by atoms with van der Waals surface area (Å²) in [4.78, 5) is 0. The summed E-state index contributed by atoms with van der Waals surface area (Å²) < 4.78 is 35.9. The van der Waals surface area contributed by atoms with Crippen molar-refractivity contribution in [2.24, 2.45) is 0 Å². The molecule has 11 heteroatoms. The second kappa shape index (κ2) is 4.91. The molecule has 2 atom stereocenters. The van der Waals surface area contributed by atoms with Gasteiger partial charge in [-0.25, -0.2) is 5.32 Å². The van der Waals surface area contributed by atoms with Crippen LogP contribution in [0.5, 0.6) is 0 Å². The Balaban J connectivity index is 4.61. The summed E-state index contributed by atoms with van der Waals surface area (Å²) in [5.74, 6) is 0. The minimum Gasteiger partial charge on any atom is -0.769 e. The second-order valence-corrected chi connectivity index (χ2v) is 7.34. The van der Waals surface area contributed by atoms with E-state index in [9.17, 15) is 17.5 Å². The monoisotopic (exact) mass is 307 g/mol. The van der Waals surface area contributed by atoms with Crippen LogP contribution in [0.1, 0.15) is 0 Å². The van der Waals surface area contributed by atoms with Crippen LogP contribution in [0.3, 0.4) is 0 Å². The third-order valence-electron chi connectivity index (χ3n) is 0.710. The van der Waals surface area contributed by atoms with Gasteiger partial charge in [0.15, 0.2) is 0 Å². The maximum absolute atomic E-state index is 10.3. The van der Waals surface area contributed by atoms with Crippen LogP contribution in [0.25, 0.3) is 0 Å². The normalized spacial score (nSPS) is 18.3. The Morgan fingerprint density at radius 3 is 1.31 bits per heavy atom. The van der Waals surface area contributed by atoms with E-state index in [0.717, 1.165) is 0 Å². The van der Waals surface area contributed by atoms with Crippen LogP contribution in [0, 0.1) is 0 Å². The maximum atomic E-state index is 10.3. The molecule has 0 aromatic heterocycles. The van der Waals surface area contributed by atoms with E-state index in [1.54, 1.807) is 5.32 Å². The van der Waals surface area contributed by atoms with Gasteiger partial charge in [-0.2, -0.15) is 0 Å². The first-order valence-electron chi connectivity index (χ1n) is 2.33. The molecular weight excluding hydrogens is 308 g/mol. The zero-order chi connectivity index (χ0) is 10.9. The SMILES string of the molecule is O=S([O-])C(Cl)(Cl)NC(Cl)(Cl)S(=O)[O-]. The van der Waals surface area contributed by atoms with Gasteiger partial charge in [0.05, 0.1) is 0 Å². The van der Waals surface area contributed by atoms with Crippen molar-refractivity contribution < 1.29 is 17.5 Å². The van der Waals surface area contributed by atoms with E-state index in [2.05, 4.69) is 0 Å². The van der Waals surface area contributed by atoms with Crippen molar-refractivity contribution >= 4 is 68.6 Å². The maximum Gasteiger partial charge on any atom is 0.235 e. The Morgan fingerprint density at radius 2 is 1.15 bits per heavy atom. The lowest BCUT2D eigenvalue weighted by Gasteiger charge is -2.32. The quantitative estimate of drug-likeness (QED) is 0.464. The molecule has 0 aliphatic heterocycles. The average molecular weight is 309 g/mol. The highest BCUT2D eigenvalue weighted by Gasteiger charge is 2.37. The molecule has 0 aromatic carbocycles. The van der Waals surface area contributed by atoms with E-state index in [1.165, 1.54) is 0 Å². The Kier molecular flexibility index (Phi) is 5.42. The topological polar surface area (TPSA) is 92.3 Å². The van der Waals surface area contributed by atoms with Gasteiger partial charge in [-0.3, -0.25) is 8.42 Å². The Labute approximate surface area is 98.6 Å². The minimum absolute atomic E-state index is 1.57. The van der Waals surface area contributed by atoms with Gasteiger partial charge < -0.3 is 9.11 Å². The van der Waals surface area contributed by atoms with Crippen molar-refractivity contribution in [2.45, 2.75) is 7.58 Å². The van der Waals surface area contributed by atoms with Gasteiger partial charge >= 0.3 is 0 Å². The summed E-state index contributed by atoms with van der Waals surface area (Å²) in [6.07, 6.45) is 0. The summed E-state index contributed by atoms with van der Waals surface area (Å²) in [5, 5.41) is 1.57. The van der Waals surface area contributed by atoms with Crippen molar-refractivity contribution in [3.8, 4) is 0 Å². The lowest BCUT2D eigenvalue weighted by molar-refractivity contribution is 0.500. The van der Waals surface area contributed by atoms with Crippen LogP contribution in [-0.4, -0.2) is 25.1 Å². The van der Waals surface area contributed by atoms with E-state index >= 15 is 0 Å². The molecule has 2 unspecified atom stereocenters. The smallest absolute Gasteiger partial charge is 0.235 e. The van der Waals surface area contributed by atoms with Crippen molar-refractivity contribution in [3.63, 3.8) is 0 Å². The fourth-order valence-electron chi connectivity index (χ4n) is 0.253. The molecule has 0 aliphatic rings. The van der Waals surface area contributed by atoms with Crippen molar-refractivity contribution in [2.75, 3.05) is 0 Å². The van der Waals surface area contributed by atoms with E-state index in [1.807, 2.05) is 0 Å². The minimum atomic E-state index is -3.01. The van der Waals surface area contributed by atoms with Crippen molar-refractivity contribution in [3.05, 3.63) is 0 Å². The molecule has 1 N–H and O–H groups in total. The molecule has 0 heterocycles. The highest BCUT2D eigenvalue weighted by molar-refractivity contribution is 7.85. The predicted molar refractivity (Wildman–Crippen MR) is 49.8 cm³/mol. The van der Waals surface area contributed by atoms with Crippen LogP contribution in [0.4, 0.5) is 0 Å². The zero-order valence-electron chi connectivity index (χ0n) is 5.46. The van der Waals surface area contributed by atoms with Gasteiger partial charge in [-0.15, -0.1) is 0 Å². The standard InChI is InChI=1S/C2H3Cl4NO4S2/c3-1(4,12(8)9)7-2(5,6)13(10)11/h7H,(H,8,9)(H,10,11)/p-2. The Morgan fingerprint density at radius 1 is 0.923 bits per heavy atom. The third kappa shape index (κ3) is 4.59.